The summed E-state index contributed by atoms with van der Waals surface area (Å²) in [5, 5.41) is 0. The summed E-state index contributed by atoms with van der Waals surface area (Å²) >= 11 is 0. The molecule has 0 saturated carbocycles. The average molecular weight is 420 g/mol. The fourth-order valence-electron chi connectivity index (χ4n) is 1.83. The summed E-state index contributed by atoms with van der Waals surface area (Å²) in [7, 11) is -9.22. The summed E-state index contributed by atoms with van der Waals surface area (Å²) in [6, 6.07) is 3.30. The van der Waals surface area contributed by atoms with E-state index in [0.717, 1.165) is 6.07 Å². The number of hydrogen-bond donors (Lipinski definition) is 1. The highest BCUT2D eigenvalue weighted by Crippen LogP contribution is 2.44. The summed E-state index contributed by atoms with van der Waals surface area (Å²) < 4.78 is 87.0. The molecule has 150 valence electrons. The smallest absolute Gasteiger partial charge is 0.404 e. The summed E-state index contributed by atoms with van der Waals surface area (Å²) in [5.74, 6) is -1.08. The van der Waals surface area contributed by atoms with Gasteiger partial charge in [-0.2, -0.15) is 8.42 Å². The van der Waals surface area contributed by atoms with Gasteiger partial charge in [-0.05, 0) is 24.0 Å². The molecule has 1 rings (SSSR count). The molecule has 0 aromatic heterocycles. The number of rotatable bonds is 9. The highest BCUT2D eigenvalue weighted by molar-refractivity contribution is 7.87. The maximum Gasteiger partial charge on any atom is 0.573 e. The van der Waals surface area contributed by atoms with Crippen LogP contribution in [-0.2, 0) is 29.8 Å². The minimum absolute atomic E-state index is 0.00243. The van der Waals surface area contributed by atoms with Gasteiger partial charge in [-0.3, -0.25) is 8.75 Å². The lowest BCUT2D eigenvalue weighted by Gasteiger charge is -2.17. The number of hydrogen-bond acceptors (Lipinski definition) is 6. The molecule has 0 spiro atoms. The zero-order chi connectivity index (χ0) is 20.2. The highest BCUT2D eigenvalue weighted by atomic mass is 32.2. The molecule has 26 heavy (non-hydrogen) atoms. The van der Waals surface area contributed by atoms with Crippen LogP contribution in [0.25, 0.3) is 0 Å². The molecule has 7 nitrogen and oxygen atoms in total. The van der Waals surface area contributed by atoms with E-state index in [0.29, 0.717) is 0 Å². The Hall–Kier alpha value is -1.13. The van der Waals surface area contributed by atoms with Gasteiger partial charge in [-0.15, -0.1) is 13.2 Å². The Balaban J connectivity index is 3.13. The predicted octanol–water partition coefficient (Wildman–Crippen LogP) is 3.67. The van der Waals surface area contributed by atoms with Crippen molar-refractivity contribution < 1.29 is 44.5 Å². The van der Waals surface area contributed by atoms with E-state index in [4.69, 9.17) is 4.52 Å². The maximum absolute atomic E-state index is 12.5. The molecule has 1 atom stereocenters. The van der Waals surface area contributed by atoms with E-state index in [1.807, 2.05) is 0 Å². The Bertz CT molecular complexity index is 762. The fraction of sp³-hybridized carbons (Fsp3) is 0.571. The summed E-state index contributed by atoms with van der Waals surface area (Å²) in [6.45, 7) is 4.81. The van der Waals surface area contributed by atoms with Crippen molar-refractivity contribution in [1.29, 1.82) is 0 Å². The van der Waals surface area contributed by atoms with Crippen molar-refractivity contribution in [2.24, 2.45) is 5.92 Å². The Kier molecular flexibility index (Phi) is 7.67. The van der Waals surface area contributed by atoms with Crippen LogP contribution in [0, 0.1) is 5.92 Å². The van der Waals surface area contributed by atoms with Crippen molar-refractivity contribution in [1.82, 2.24) is 0 Å². The van der Waals surface area contributed by atoms with E-state index >= 15 is 0 Å². The predicted molar refractivity (Wildman–Crippen MR) is 86.3 cm³/mol. The third-order valence-corrected chi connectivity index (χ3v) is 5.47. The molecule has 12 heteroatoms. The molecule has 0 radical (unpaired) electrons. The zero-order valence-electron chi connectivity index (χ0n) is 14.3. The van der Waals surface area contributed by atoms with Gasteiger partial charge >= 0.3 is 24.1 Å². The monoisotopic (exact) mass is 420 g/mol. The van der Waals surface area contributed by atoms with E-state index in [-0.39, 0.29) is 24.5 Å². The van der Waals surface area contributed by atoms with Gasteiger partial charge in [0.2, 0.25) is 0 Å². The number of halogens is 3. The molecule has 0 aliphatic carbocycles. The van der Waals surface area contributed by atoms with Crippen LogP contribution >= 0.6 is 7.60 Å². The normalized spacial score (nSPS) is 15.1. The van der Waals surface area contributed by atoms with Crippen LogP contribution in [-0.4, -0.2) is 32.6 Å². The van der Waals surface area contributed by atoms with Crippen molar-refractivity contribution >= 4 is 17.7 Å². The zero-order valence-corrected chi connectivity index (χ0v) is 16.0. The topological polar surface area (TPSA) is 99.1 Å². The first-order valence-electron chi connectivity index (χ1n) is 7.51. The van der Waals surface area contributed by atoms with Gasteiger partial charge in [-0.25, -0.2) is 0 Å². The van der Waals surface area contributed by atoms with Crippen LogP contribution < -0.4 is 4.74 Å². The van der Waals surface area contributed by atoms with E-state index in [2.05, 4.69) is 8.92 Å². The van der Waals surface area contributed by atoms with Crippen LogP contribution in [0.4, 0.5) is 13.2 Å². The molecule has 1 aromatic rings. The molecular weight excluding hydrogens is 400 g/mol. The molecule has 0 amide bonds. The SMILES string of the molecule is CCc1cccc(OC(F)(F)F)c1S(=O)(=O)OCP(=O)(O)OCC(C)C. The van der Waals surface area contributed by atoms with Gasteiger partial charge < -0.3 is 14.2 Å². The van der Waals surface area contributed by atoms with Crippen LogP contribution in [0.5, 0.6) is 5.75 Å². The second-order valence-electron chi connectivity index (χ2n) is 5.67. The van der Waals surface area contributed by atoms with Crippen molar-refractivity contribution in [2.75, 3.05) is 13.0 Å². The minimum atomic E-state index is -5.12. The quantitative estimate of drug-likeness (QED) is 0.481. The summed E-state index contributed by atoms with van der Waals surface area (Å²) in [4.78, 5) is 8.74. The minimum Gasteiger partial charge on any atom is -0.404 e. The van der Waals surface area contributed by atoms with Gasteiger partial charge in [0.15, 0.2) is 12.1 Å². The van der Waals surface area contributed by atoms with Crippen LogP contribution in [0.15, 0.2) is 23.1 Å². The van der Waals surface area contributed by atoms with E-state index in [1.165, 1.54) is 19.1 Å². The molecule has 0 aliphatic rings. The molecule has 1 aromatic carbocycles. The fourth-order valence-corrected chi connectivity index (χ4v) is 4.53. The second kappa shape index (κ2) is 8.71. The van der Waals surface area contributed by atoms with Gasteiger partial charge in [0.1, 0.15) is 4.90 Å². The number of alkyl halides is 3. The lowest BCUT2D eigenvalue weighted by atomic mass is 10.1. The third-order valence-electron chi connectivity index (χ3n) is 2.90. The maximum atomic E-state index is 12.5. The van der Waals surface area contributed by atoms with Crippen molar-refractivity contribution in [3.05, 3.63) is 23.8 Å². The Morgan fingerprint density at radius 1 is 1.27 bits per heavy atom. The Morgan fingerprint density at radius 3 is 2.38 bits per heavy atom. The number of ether oxygens (including phenoxy) is 1. The van der Waals surface area contributed by atoms with E-state index in [1.54, 1.807) is 13.8 Å². The third kappa shape index (κ3) is 7.24. The van der Waals surface area contributed by atoms with Crippen LogP contribution in [0.3, 0.4) is 0 Å². The Labute approximate surface area is 149 Å². The lowest BCUT2D eigenvalue weighted by molar-refractivity contribution is -0.275. The second-order valence-corrected chi connectivity index (χ2v) is 9.02. The summed E-state index contributed by atoms with van der Waals surface area (Å²) in [6.07, 6.45) is -6.29. The molecule has 0 aliphatic heterocycles. The van der Waals surface area contributed by atoms with E-state index < -0.39 is 41.1 Å². The number of aryl methyl sites for hydroxylation is 1. The first kappa shape index (κ1) is 22.9. The largest absolute Gasteiger partial charge is 0.573 e. The highest BCUT2D eigenvalue weighted by Gasteiger charge is 2.36. The van der Waals surface area contributed by atoms with Crippen LogP contribution in [0.1, 0.15) is 26.3 Å². The molecule has 0 saturated heterocycles. The molecule has 0 fully saturated rings. The van der Waals surface area contributed by atoms with Gasteiger partial charge in [-0.1, -0.05) is 32.9 Å². The summed E-state index contributed by atoms with van der Waals surface area (Å²) in [5.41, 5.74) is 0.00243. The molecule has 1 N–H and O–H groups in total. The Morgan fingerprint density at radius 2 is 1.88 bits per heavy atom. The van der Waals surface area contributed by atoms with Gasteiger partial charge in [0, 0.05) is 0 Å². The molecule has 0 bridgehead atoms. The first-order chi connectivity index (χ1) is 11.8. The van der Waals surface area contributed by atoms with Crippen molar-refractivity contribution in [3.8, 4) is 5.75 Å². The number of benzene rings is 1. The van der Waals surface area contributed by atoms with Crippen molar-refractivity contribution in [3.63, 3.8) is 0 Å². The lowest BCUT2D eigenvalue weighted by Crippen LogP contribution is -2.20. The van der Waals surface area contributed by atoms with Gasteiger partial charge in [0.25, 0.3) is 0 Å². The van der Waals surface area contributed by atoms with Crippen molar-refractivity contribution in [2.45, 2.75) is 38.4 Å². The average Bonchev–Trinajstić information content (AvgIpc) is 2.49. The van der Waals surface area contributed by atoms with Crippen LogP contribution in [0.2, 0.25) is 0 Å². The first-order valence-corrected chi connectivity index (χ1v) is 10.7. The molecule has 1 unspecified atom stereocenters. The molecular formula is C14H20F3O7PS. The van der Waals surface area contributed by atoms with E-state index in [9.17, 15) is 31.0 Å². The standard InChI is InChI=1S/C14H20F3O7PS/c1-4-11-6-5-7-12(24-14(15,16)17)13(11)26(20,21)23-9-25(18,19)22-8-10(2)3/h5-7,10H,4,8-9H2,1-3H3,(H,18,19). The van der Waals surface area contributed by atoms with Gasteiger partial charge in [0.05, 0.1) is 6.61 Å². The molecule has 0 heterocycles.